The molecule has 1 amide bonds. The molecule has 1 aliphatic rings. The highest BCUT2D eigenvalue weighted by Gasteiger charge is 2.16. The van der Waals surface area contributed by atoms with Gasteiger partial charge >= 0.3 is 0 Å². The monoisotopic (exact) mass is 354 g/mol. The molecule has 2 aromatic carbocycles. The molecule has 0 spiro atoms. The minimum atomic E-state index is -0.184. The predicted octanol–water partition coefficient (Wildman–Crippen LogP) is 4.46. The molecule has 128 valence electrons. The van der Waals surface area contributed by atoms with Crippen LogP contribution in [0.15, 0.2) is 42.6 Å². The van der Waals surface area contributed by atoms with Gasteiger partial charge < -0.3 is 10.2 Å². The molecule has 2 heterocycles. The molecule has 0 saturated carbocycles. The van der Waals surface area contributed by atoms with Crippen LogP contribution in [0.25, 0.3) is 10.9 Å². The Hall–Kier alpha value is -2.53. The molecular weight excluding hydrogens is 336 g/mol. The summed E-state index contributed by atoms with van der Waals surface area (Å²) in [7, 11) is 0. The number of halogens is 1. The Morgan fingerprint density at radius 1 is 1.16 bits per heavy atom. The lowest BCUT2D eigenvalue weighted by molar-refractivity contribution is 0.102. The standard InChI is InChI=1S/C19H19ClN4O/c20-16-11-14(7-8-17(16)24-9-2-1-3-10-24)22-19(25)15-6-4-5-13-12-21-23-18(13)15/h4-8,11-12H,1-3,9-10H2,(H,21,23)(H,22,25). The first-order chi connectivity index (χ1) is 12.2. The Bertz CT molecular complexity index is 915. The number of rotatable bonds is 3. The largest absolute Gasteiger partial charge is 0.370 e. The second-order valence-corrected chi connectivity index (χ2v) is 6.72. The average molecular weight is 355 g/mol. The molecule has 1 fully saturated rings. The number of carbonyl (C=O) groups excluding carboxylic acids is 1. The van der Waals surface area contributed by atoms with E-state index in [-0.39, 0.29) is 5.91 Å². The van der Waals surface area contributed by atoms with Gasteiger partial charge in [-0.15, -0.1) is 0 Å². The van der Waals surface area contributed by atoms with Gasteiger partial charge in [0.05, 0.1) is 28.0 Å². The molecule has 1 aliphatic heterocycles. The fraction of sp³-hybridized carbons (Fsp3) is 0.263. The van der Waals surface area contributed by atoms with Crippen LogP contribution in [-0.4, -0.2) is 29.2 Å². The van der Waals surface area contributed by atoms with Crippen molar-refractivity contribution in [2.24, 2.45) is 0 Å². The maximum Gasteiger partial charge on any atom is 0.257 e. The topological polar surface area (TPSA) is 61.0 Å². The van der Waals surface area contributed by atoms with Crippen LogP contribution in [0, 0.1) is 0 Å². The zero-order valence-corrected chi connectivity index (χ0v) is 14.5. The number of carbonyl (C=O) groups is 1. The van der Waals surface area contributed by atoms with Crippen molar-refractivity contribution in [3.63, 3.8) is 0 Å². The highest BCUT2D eigenvalue weighted by molar-refractivity contribution is 6.33. The van der Waals surface area contributed by atoms with E-state index in [1.54, 1.807) is 12.3 Å². The number of H-pyrrole nitrogens is 1. The Labute approximate surface area is 151 Å². The smallest absolute Gasteiger partial charge is 0.257 e. The van der Waals surface area contributed by atoms with Gasteiger partial charge in [-0.2, -0.15) is 5.10 Å². The molecular formula is C19H19ClN4O. The molecule has 0 radical (unpaired) electrons. The van der Waals surface area contributed by atoms with E-state index in [2.05, 4.69) is 20.4 Å². The van der Waals surface area contributed by atoms with Gasteiger partial charge in [0, 0.05) is 24.2 Å². The van der Waals surface area contributed by atoms with Crippen LogP contribution >= 0.6 is 11.6 Å². The van der Waals surface area contributed by atoms with Crippen molar-refractivity contribution in [3.05, 3.63) is 53.2 Å². The molecule has 0 bridgehead atoms. The Kier molecular flexibility index (Phi) is 4.32. The number of fused-ring (bicyclic) bond motifs is 1. The number of nitrogens with zero attached hydrogens (tertiary/aromatic N) is 2. The molecule has 25 heavy (non-hydrogen) atoms. The van der Waals surface area contributed by atoms with Crippen LogP contribution in [0.4, 0.5) is 11.4 Å². The SMILES string of the molecule is O=C(Nc1ccc(N2CCCCC2)c(Cl)c1)c1cccc2cn[nH]c12. The summed E-state index contributed by atoms with van der Waals surface area (Å²) < 4.78 is 0. The van der Waals surface area contributed by atoms with Gasteiger partial charge in [-0.1, -0.05) is 23.7 Å². The van der Waals surface area contributed by atoms with E-state index in [0.717, 1.165) is 29.7 Å². The number of hydrogen-bond acceptors (Lipinski definition) is 3. The van der Waals surface area contributed by atoms with Crippen molar-refractivity contribution in [1.29, 1.82) is 0 Å². The van der Waals surface area contributed by atoms with Crippen molar-refractivity contribution in [2.45, 2.75) is 19.3 Å². The zero-order valence-electron chi connectivity index (χ0n) is 13.8. The maximum atomic E-state index is 12.6. The van der Waals surface area contributed by atoms with Crippen LogP contribution in [0.1, 0.15) is 29.6 Å². The van der Waals surface area contributed by atoms with Crippen LogP contribution < -0.4 is 10.2 Å². The lowest BCUT2D eigenvalue weighted by atomic mass is 10.1. The summed E-state index contributed by atoms with van der Waals surface area (Å²) in [5.41, 5.74) is 3.02. The van der Waals surface area contributed by atoms with Crippen LogP contribution in [0.5, 0.6) is 0 Å². The molecule has 0 atom stereocenters. The number of nitrogens with one attached hydrogen (secondary N) is 2. The molecule has 2 N–H and O–H groups in total. The molecule has 4 rings (SSSR count). The highest BCUT2D eigenvalue weighted by Crippen LogP contribution is 2.31. The van der Waals surface area contributed by atoms with Gasteiger partial charge in [-0.3, -0.25) is 9.89 Å². The lowest BCUT2D eigenvalue weighted by Gasteiger charge is -2.29. The van der Waals surface area contributed by atoms with Crippen molar-refractivity contribution in [2.75, 3.05) is 23.3 Å². The number of hydrogen-bond donors (Lipinski definition) is 2. The summed E-state index contributed by atoms with van der Waals surface area (Å²) in [5.74, 6) is -0.184. The van der Waals surface area contributed by atoms with E-state index in [1.807, 2.05) is 30.3 Å². The number of aromatic nitrogens is 2. The number of aromatic amines is 1. The van der Waals surface area contributed by atoms with E-state index in [1.165, 1.54) is 19.3 Å². The first-order valence-corrected chi connectivity index (χ1v) is 8.88. The van der Waals surface area contributed by atoms with E-state index in [4.69, 9.17) is 11.6 Å². The number of piperidine rings is 1. The van der Waals surface area contributed by atoms with E-state index < -0.39 is 0 Å². The van der Waals surface area contributed by atoms with Crippen LogP contribution in [0.3, 0.4) is 0 Å². The average Bonchev–Trinajstić information content (AvgIpc) is 3.11. The van der Waals surface area contributed by atoms with E-state index >= 15 is 0 Å². The number of para-hydroxylation sites is 1. The zero-order chi connectivity index (χ0) is 17.2. The van der Waals surface area contributed by atoms with Crippen LogP contribution in [-0.2, 0) is 0 Å². The van der Waals surface area contributed by atoms with Crippen molar-refractivity contribution in [3.8, 4) is 0 Å². The summed E-state index contributed by atoms with van der Waals surface area (Å²) in [6.45, 7) is 2.07. The second kappa shape index (κ2) is 6.76. The predicted molar refractivity (Wildman–Crippen MR) is 102 cm³/mol. The van der Waals surface area contributed by atoms with Crippen molar-refractivity contribution >= 4 is 39.8 Å². The van der Waals surface area contributed by atoms with Crippen molar-refractivity contribution in [1.82, 2.24) is 10.2 Å². The normalized spacial score (nSPS) is 14.7. The molecule has 0 unspecified atom stereocenters. The summed E-state index contributed by atoms with van der Waals surface area (Å²) in [6.07, 6.45) is 5.38. The minimum absolute atomic E-state index is 0.184. The Balaban J connectivity index is 1.55. The second-order valence-electron chi connectivity index (χ2n) is 6.31. The number of amides is 1. The minimum Gasteiger partial charge on any atom is -0.370 e. The van der Waals surface area contributed by atoms with Gasteiger partial charge in [-0.05, 0) is 43.5 Å². The fourth-order valence-electron chi connectivity index (χ4n) is 3.33. The van der Waals surface area contributed by atoms with Crippen molar-refractivity contribution < 1.29 is 4.79 Å². The van der Waals surface area contributed by atoms with Gasteiger partial charge in [0.15, 0.2) is 0 Å². The van der Waals surface area contributed by atoms with Gasteiger partial charge in [-0.25, -0.2) is 0 Å². The third kappa shape index (κ3) is 3.20. The first kappa shape index (κ1) is 16.0. The summed E-state index contributed by atoms with van der Waals surface area (Å²) in [4.78, 5) is 14.9. The summed E-state index contributed by atoms with van der Waals surface area (Å²) in [6, 6.07) is 11.2. The van der Waals surface area contributed by atoms with Gasteiger partial charge in [0.2, 0.25) is 0 Å². The summed E-state index contributed by atoms with van der Waals surface area (Å²) >= 11 is 6.46. The third-order valence-electron chi connectivity index (χ3n) is 4.62. The van der Waals surface area contributed by atoms with Crippen LogP contribution in [0.2, 0.25) is 5.02 Å². The number of benzene rings is 2. The molecule has 5 nitrogen and oxygen atoms in total. The molecule has 1 saturated heterocycles. The lowest BCUT2D eigenvalue weighted by Crippen LogP contribution is -2.29. The molecule has 3 aromatic rings. The number of anilines is 2. The maximum absolute atomic E-state index is 12.6. The van der Waals surface area contributed by atoms with Gasteiger partial charge in [0.25, 0.3) is 5.91 Å². The Morgan fingerprint density at radius 3 is 2.80 bits per heavy atom. The van der Waals surface area contributed by atoms with Gasteiger partial charge in [0.1, 0.15) is 0 Å². The quantitative estimate of drug-likeness (QED) is 0.730. The van der Waals surface area contributed by atoms with E-state index in [0.29, 0.717) is 16.3 Å². The molecule has 6 heteroatoms. The third-order valence-corrected chi connectivity index (χ3v) is 4.93. The Morgan fingerprint density at radius 2 is 2.00 bits per heavy atom. The molecule has 1 aromatic heterocycles. The first-order valence-electron chi connectivity index (χ1n) is 8.50. The fourth-order valence-corrected chi connectivity index (χ4v) is 3.63. The highest BCUT2D eigenvalue weighted by atomic mass is 35.5. The van der Waals surface area contributed by atoms with E-state index in [9.17, 15) is 4.79 Å². The summed E-state index contributed by atoms with van der Waals surface area (Å²) in [5, 5.41) is 11.4. The molecule has 0 aliphatic carbocycles.